The molecule has 0 atom stereocenters. The lowest BCUT2D eigenvalue weighted by atomic mass is 10.3. The van der Waals surface area contributed by atoms with Gasteiger partial charge in [-0.3, -0.25) is 4.79 Å². The van der Waals surface area contributed by atoms with Crippen LogP contribution in [-0.2, 0) is 9.47 Å². The molecule has 1 aromatic heterocycles. The number of carbonyl (C=O) groups is 1. The quantitative estimate of drug-likeness (QED) is 0.755. The van der Waals surface area contributed by atoms with E-state index in [1.165, 1.54) is 11.3 Å². The molecule has 2 heterocycles. The number of hydrogen-bond acceptors (Lipinski definition) is 7. The molecule has 1 fully saturated rings. The molecule has 2 rings (SSSR count). The highest BCUT2D eigenvalue weighted by Crippen LogP contribution is 2.26. The van der Waals surface area contributed by atoms with Crippen LogP contribution >= 0.6 is 11.3 Å². The SMILES string of the molecule is COCCNc1nc(N)c(C(=O)N2CCOCC2)s1. The third-order valence-electron chi connectivity index (χ3n) is 2.73. The Kier molecular flexibility index (Phi) is 4.94. The van der Waals surface area contributed by atoms with Gasteiger partial charge in [0.25, 0.3) is 5.91 Å². The first kappa shape index (κ1) is 14.0. The molecule has 106 valence electrons. The molecule has 0 radical (unpaired) electrons. The van der Waals surface area contributed by atoms with E-state index in [1.54, 1.807) is 12.0 Å². The first-order valence-electron chi connectivity index (χ1n) is 6.08. The standard InChI is InChI=1S/C11H18N4O3S/c1-17-5-2-13-11-14-9(12)8(19-11)10(16)15-3-6-18-7-4-15/h2-7,12H2,1H3,(H,13,14). The van der Waals surface area contributed by atoms with Crippen LogP contribution in [0.5, 0.6) is 0 Å². The summed E-state index contributed by atoms with van der Waals surface area (Å²) in [5, 5.41) is 3.72. The number of methoxy groups -OCH3 is 1. The highest BCUT2D eigenvalue weighted by atomic mass is 32.1. The molecule has 0 spiro atoms. The van der Waals surface area contributed by atoms with E-state index in [-0.39, 0.29) is 11.7 Å². The van der Waals surface area contributed by atoms with Crippen molar-refractivity contribution in [1.82, 2.24) is 9.88 Å². The van der Waals surface area contributed by atoms with Gasteiger partial charge >= 0.3 is 0 Å². The molecule has 3 N–H and O–H groups in total. The molecule has 1 aliphatic heterocycles. The number of rotatable bonds is 5. The molecule has 7 nitrogen and oxygen atoms in total. The number of carbonyl (C=O) groups excluding carboxylic acids is 1. The topological polar surface area (TPSA) is 89.7 Å². The molecule has 1 aromatic rings. The van der Waals surface area contributed by atoms with E-state index in [4.69, 9.17) is 15.2 Å². The van der Waals surface area contributed by atoms with E-state index in [9.17, 15) is 4.79 Å². The van der Waals surface area contributed by atoms with Crippen LogP contribution in [0.4, 0.5) is 10.9 Å². The van der Waals surface area contributed by atoms with Crippen molar-refractivity contribution in [3.63, 3.8) is 0 Å². The van der Waals surface area contributed by atoms with Crippen molar-refractivity contribution in [2.45, 2.75) is 0 Å². The number of nitrogen functional groups attached to an aromatic ring is 1. The average Bonchev–Trinajstić information content (AvgIpc) is 2.80. The summed E-state index contributed by atoms with van der Waals surface area (Å²) in [7, 11) is 1.63. The number of nitrogens with one attached hydrogen (secondary N) is 1. The molecule has 1 aliphatic rings. The van der Waals surface area contributed by atoms with E-state index in [2.05, 4.69) is 10.3 Å². The van der Waals surface area contributed by atoms with Crippen LogP contribution < -0.4 is 11.1 Å². The second-order valence-electron chi connectivity index (χ2n) is 4.06. The fourth-order valence-corrected chi connectivity index (χ4v) is 2.61. The van der Waals surface area contributed by atoms with Crippen molar-refractivity contribution in [2.24, 2.45) is 0 Å². The number of nitrogens with two attached hydrogens (primary N) is 1. The van der Waals surface area contributed by atoms with Crippen molar-refractivity contribution in [2.75, 3.05) is 57.6 Å². The Morgan fingerprint density at radius 2 is 2.32 bits per heavy atom. The monoisotopic (exact) mass is 286 g/mol. The molecule has 0 saturated carbocycles. The molecule has 0 aliphatic carbocycles. The molecular weight excluding hydrogens is 268 g/mol. The Morgan fingerprint density at radius 1 is 1.58 bits per heavy atom. The van der Waals surface area contributed by atoms with Crippen molar-refractivity contribution in [1.29, 1.82) is 0 Å². The van der Waals surface area contributed by atoms with Gasteiger partial charge in [-0.1, -0.05) is 11.3 Å². The lowest BCUT2D eigenvalue weighted by Gasteiger charge is -2.26. The molecule has 0 bridgehead atoms. The van der Waals surface area contributed by atoms with E-state index < -0.39 is 0 Å². The highest BCUT2D eigenvalue weighted by Gasteiger charge is 2.23. The minimum atomic E-state index is -0.0712. The number of ether oxygens (including phenoxy) is 2. The zero-order valence-electron chi connectivity index (χ0n) is 10.8. The lowest BCUT2D eigenvalue weighted by Crippen LogP contribution is -2.40. The van der Waals surface area contributed by atoms with E-state index in [1.807, 2.05) is 0 Å². The molecule has 1 saturated heterocycles. The van der Waals surface area contributed by atoms with E-state index in [0.29, 0.717) is 49.5 Å². The summed E-state index contributed by atoms with van der Waals surface area (Å²) in [6.45, 7) is 3.55. The number of hydrogen-bond donors (Lipinski definition) is 2. The van der Waals surface area contributed by atoms with Gasteiger partial charge in [0.05, 0.1) is 19.8 Å². The van der Waals surface area contributed by atoms with E-state index >= 15 is 0 Å². The Bertz CT molecular complexity index is 432. The number of morpholine rings is 1. The van der Waals surface area contributed by atoms with Gasteiger partial charge in [-0.2, -0.15) is 0 Å². The number of aromatic nitrogens is 1. The predicted molar refractivity (Wildman–Crippen MR) is 73.6 cm³/mol. The summed E-state index contributed by atoms with van der Waals surface area (Å²) in [6, 6.07) is 0. The Labute approximate surface area is 115 Å². The van der Waals surface area contributed by atoms with Crippen LogP contribution in [0.1, 0.15) is 9.67 Å². The lowest BCUT2D eigenvalue weighted by molar-refractivity contribution is 0.0306. The predicted octanol–water partition coefficient (Wildman–Crippen LogP) is 0.256. The Balaban J connectivity index is 2.00. The van der Waals surface area contributed by atoms with Crippen LogP contribution in [0.2, 0.25) is 0 Å². The normalized spacial score (nSPS) is 15.5. The van der Waals surface area contributed by atoms with Crippen LogP contribution in [0, 0.1) is 0 Å². The number of nitrogens with zero attached hydrogens (tertiary/aromatic N) is 2. The fourth-order valence-electron chi connectivity index (χ4n) is 1.73. The summed E-state index contributed by atoms with van der Waals surface area (Å²) in [4.78, 5) is 18.7. The van der Waals surface area contributed by atoms with Crippen LogP contribution in [0.15, 0.2) is 0 Å². The summed E-state index contributed by atoms with van der Waals surface area (Å²) >= 11 is 1.28. The maximum atomic E-state index is 12.3. The molecule has 1 amide bonds. The van der Waals surface area contributed by atoms with E-state index in [0.717, 1.165) is 0 Å². The van der Waals surface area contributed by atoms with Gasteiger partial charge in [0.15, 0.2) is 5.13 Å². The maximum Gasteiger partial charge on any atom is 0.268 e. The van der Waals surface area contributed by atoms with Crippen molar-refractivity contribution >= 4 is 28.2 Å². The first-order valence-corrected chi connectivity index (χ1v) is 6.90. The molecular formula is C11H18N4O3S. The molecule has 0 unspecified atom stereocenters. The summed E-state index contributed by atoms with van der Waals surface area (Å²) < 4.78 is 10.2. The van der Waals surface area contributed by atoms with Gasteiger partial charge in [0.2, 0.25) is 0 Å². The highest BCUT2D eigenvalue weighted by molar-refractivity contribution is 7.18. The second-order valence-corrected chi connectivity index (χ2v) is 5.06. The summed E-state index contributed by atoms with van der Waals surface area (Å²) in [5.41, 5.74) is 5.80. The number of amides is 1. The van der Waals surface area contributed by atoms with Crippen LogP contribution in [0.25, 0.3) is 0 Å². The van der Waals surface area contributed by atoms with Gasteiger partial charge in [0.1, 0.15) is 10.7 Å². The molecule has 19 heavy (non-hydrogen) atoms. The minimum absolute atomic E-state index is 0.0712. The van der Waals surface area contributed by atoms with Gasteiger partial charge in [-0.05, 0) is 0 Å². The van der Waals surface area contributed by atoms with Crippen LogP contribution in [-0.4, -0.2) is 62.4 Å². The first-order chi connectivity index (χ1) is 9.22. The maximum absolute atomic E-state index is 12.3. The van der Waals surface area contributed by atoms with Crippen LogP contribution in [0.3, 0.4) is 0 Å². The van der Waals surface area contributed by atoms with Gasteiger partial charge < -0.3 is 25.4 Å². The molecule has 8 heteroatoms. The second kappa shape index (κ2) is 6.69. The third-order valence-corrected chi connectivity index (χ3v) is 3.75. The Hall–Kier alpha value is -1.38. The van der Waals surface area contributed by atoms with Crippen molar-refractivity contribution in [3.8, 4) is 0 Å². The van der Waals surface area contributed by atoms with Gasteiger partial charge in [-0.25, -0.2) is 4.98 Å². The van der Waals surface area contributed by atoms with Gasteiger partial charge in [-0.15, -0.1) is 0 Å². The van der Waals surface area contributed by atoms with Gasteiger partial charge in [0, 0.05) is 26.7 Å². The summed E-state index contributed by atoms with van der Waals surface area (Å²) in [5.74, 6) is 0.208. The fraction of sp³-hybridized carbons (Fsp3) is 0.636. The third kappa shape index (κ3) is 3.55. The number of anilines is 2. The minimum Gasteiger partial charge on any atom is -0.383 e. The largest absolute Gasteiger partial charge is 0.383 e. The smallest absolute Gasteiger partial charge is 0.268 e. The van der Waals surface area contributed by atoms with Crippen molar-refractivity contribution in [3.05, 3.63) is 4.88 Å². The summed E-state index contributed by atoms with van der Waals surface area (Å²) in [6.07, 6.45) is 0. The Morgan fingerprint density at radius 3 is 3.00 bits per heavy atom. The average molecular weight is 286 g/mol. The zero-order chi connectivity index (χ0) is 13.7. The molecule has 0 aromatic carbocycles. The van der Waals surface area contributed by atoms with Crippen molar-refractivity contribution < 1.29 is 14.3 Å². The number of thiazole rings is 1. The zero-order valence-corrected chi connectivity index (χ0v) is 11.7.